The Hall–Kier alpha value is -4.18. The van der Waals surface area contributed by atoms with Crippen LogP contribution in [0.15, 0.2) is 12.1 Å². The van der Waals surface area contributed by atoms with Crippen LogP contribution in [-0.2, 0) is 0 Å². The Morgan fingerprint density at radius 2 is 0.700 bits per heavy atom. The van der Waals surface area contributed by atoms with Gasteiger partial charge in [0.15, 0.2) is 46.5 Å². The van der Waals surface area contributed by atoms with Crippen LogP contribution in [0, 0.1) is 58.2 Å². The number of hydrogen-bond acceptors (Lipinski definition) is 6. The standard InChI is InChI=1S/C24H2F10O4S2/c25-9-7(10(26)14(30)17(33)13(9)29)21(37)5-1-3-19(35)20(36)4-2-6(40-24(4)23(3)39-5)22(38)8-11(27)15(31)18(34)16(32)12(8)28/h1-2H. The summed E-state index contributed by atoms with van der Waals surface area (Å²) in [7, 11) is 0. The highest BCUT2D eigenvalue weighted by molar-refractivity contribution is 7.25. The molecule has 0 spiro atoms. The molecule has 0 unspecified atom stereocenters. The number of thiophene rings is 2. The predicted molar refractivity (Wildman–Crippen MR) is 116 cm³/mol. The fourth-order valence-electron chi connectivity index (χ4n) is 3.78. The van der Waals surface area contributed by atoms with Gasteiger partial charge in [-0.25, -0.2) is 43.9 Å². The topological polar surface area (TPSA) is 68.3 Å². The summed E-state index contributed by atoms with van der Waals surface area (Å²) in [5.74, 6) is -30.9. The van der Waals surface area contributed by atoms with Crippen molar-refractivity contribution in [2.75, 3.05) is 0 Å². The quantitative estimate of drug-likeness (QED) is 0.0850. The van der Waals surface area contributed by atoms with E-state index in [0.717, 1.165) is 0 Å². The molecule has 4 nitrogen and oxygen atoms in total. The van der Waals surface area contributed by atoms with E-state index in [2.05, 4.69) is 0 Å². The highest BCUT2D eigenvalue weighted by Crippen LogP contribution is 2.45. The SMILES string of the molecule is O=C1C(=O)c2cc(C(=O)c3c(F)c(F)c(F)c(F)c3F)sc2-c2sc(C(=O)c3c(F)c(F)c(F)c(F)c3F)cc21. The number of hydrogen-bond donors (Lipinski definition) is 0. The Bertz CT molecular complexity index is 1700. The summed E-state index contributed by atoms with van der Waals surface area (Å²) in [5.41, 5.74) is -4.87. The van der Waals surface area contributed by atoms with Crippen LogP contribution in [0.5, 0.6) is 0 Å². The summed E-state index contributed by atoms with van der Waals surface area (Å²) in [6, 6.07) is 1.27. The zero-order chi connectivity index (χ0) is 29.5. The lowest BCUT2D eigenvalue weighted by atomic mass is 9.94. The normalized spacial score (nSPS) is 12.6. The Labute approximate surface area is 221 Å². The van der Waals surface area contributed by atoms with Gasteiger partial charge in [-0.1, -0.05) is 0 Å². The number of rotatable bonds is 4. The molecule has 0 saturated heterocycles. The Kier molecular flexibility index (Phi) is 6.29. The third-order valence-corrected chi connectivity index (χ3v) is 8.12. The van der Waals surface area contributed by atoms with Gasteiger partial charge >= 0.3 is 0 Å². The summed E-state index contributed by atoms with van der Waals surface area (Å²) in [6.45, 7) is 0. The maximum Gasteiger partial charge on any atom is 0.235 e. The van der Waals surface area contributed by atoms with Gasteiger partial charge in [-0.15, -0.1) is 22.7 Å². The number of fused-ring (bicyclic) bond motifs is 3. The first-order valence-corrected chi connectivity index (χ1v) is 11.8. The summed E-state index contributed by atoms with van der Waals surface area (Å²) in [6.07, 6.45) is 0. The fourth-order valence-corrected chi connectivity index (χ4v) is 6.14. The molecule has 40 heavy (non-hydrogen) atoms. The lowest BCUT2D eigenvalue weighted by Gasteiger charge is -2.08. The molecular weight excluding hydrogens is 606 g/mol. The average molecular weight is 608 g/mol. The van der Waals surface area contributed by atoms with E-state index in [1.165, 1.54) is 0 Å². The molecule has 1 aliphatic rings. The van der Waals surface area contributed by atoms with E-state index in [4.69, 9.17) is 0 Å². The van der Waals surface area contributed by atoms with Gasteiger partial charge in [-0.05, 0) is 12.1 Å². The van der Waals surface area contributed by atoms with Crippen molar-refractivity contribution in [3.63, 3.8) is 0 Å². The van der Waals surface area contributed by atoms with Gasteiger partial charge in [0.25, 0.3) is 0 Å². The molecule has 0 amide bonds. The number of carbonyl (C=O) groups excluding carboxylic acids is 4. The molecule has 1 aliphatic carbocycles. The van der Waals surface area contributed by atoms with Gasteiger partial charge in [0.1, 0.15) is 11.1 Å². The van der Waals surface area contributed by atoms with Gasteiger partial charge in [-0.3, -0.25) is 19.2 Å². The van der Waals surface area contributed by atoms with E-state index in [1.54, 1.807) is 0 Å². The first-order valence-electron chi connectivity index (χ1n) is 10.2. The van der Waals surface area contributed by atoms with Crippen LogP contribution in [0.1, 0.15) is 51.2 Å². The molecule has 0 radical (unpaired) electrons. The largest absolute Gasteiger partial charge is 0.287 e. The van der Waals surface area contributed by atoms with Crippen molar-refractivity contribution in [3.05, 3.63) is 102 Å². The minimum atomic E-state index is -2.54. The molecule has 2 aromatic carbocycles. The van der Waals surface area contributed by atoms with Crippen molar-refractivity contribution in [1.29, 1.82) is 0 Å². The second-order valence-corrected chi connectivity index (χ2v) is 10.0. The maximum atomic E-state index is 14.2. The minimum Gasteiger partial charge on any atom is -0.287 e. The number of Topliss-reactive ketones (excluding diaryl/α,β-unsaturated/α-hetero) is 2. The highest BCUT2D eigenvalue weighted by Gasteiger charge is 2.39. The number of ketones is 4. The van der Waals surface area contributed by atoms with Gasteiger partial charge in [0.2, 0.25) is 34.8 Å². The second-order valence-electron chi connectivity index (χ2n) is 7.91. The monoisotopic (exact) mass is 608 g/mol. The summed E-state index contributed by atoms with van der Waals surface area (Å²) >= 11 is 0.482. The number of halogens is 10. The van der Waals surface area contributed by atoms with E-state index in [-0.39, 0.29) is 32.4 Å². The average Bonchev–Trinajstić information content (AvgIpc) is 3.57. The van der Waals surface area contributed by atoms with Crippen molar-refractivity contribution >= 4 is 45.8 Å². The molecule has 2 aromatic heterocycles. The van der Waals surface area contributed by atoms with Crippen LogP contribution in [0.25, 0.3) is 9.75 Å². The molecule has 5 rings (SSSR count). The van der Waals surface area contributed by atoms with Crippen molar-refractivity contribution in [2.24, 2.45) is 0 Å². The molecule has 0 fully saturated rings. The van der Waals surface area contributed by atoms with E-state index >= 15 is 0 Å². The molecule has 0 atom stereocenters. The maximum absolute atomic E-state index is 14.2. The van der Waals surface area contributed by atoms with Crippen LogP contribution >= 0.6 is 22.7 Å². The lowest BCUT2D eigenvalue weighted by molar-refractivity contribution is 0.0816. The van der Waals surface area contributed by atoms with Gasteiger partial charge < -0.3 is 0 Å². The summed E-state index contributed by atoms with van der Waals surface area (Å²) in [4.78, 5) is 48.5. The smallest absolute Gasteiger partial charge is 0.235 e. The Balaban J connectivity index is 1.64. The summed E-state index contributed by atoms with van der Waals surface area (Å²) in [5, 5.41) is 0. The molecule has 2 heterocycles. The second kappa shape index (κ2) is 9.19. The molecule has 0 N–H and O–H groups in total. The third-order valence-electron chi connectivity index (χ3n) is 5.69. The van der Waals surface area contributed by atoms with Crippen molar-refractivity contribution in [2.45, 2.75) is 0 Å². The molecule has 16 heteroatoms. The molecule has 204 valence electrons. The Morgan fingerprint density at radius 3 is 0.975 bits per heavy atom. The highest BCUT2D eigenvalue weighted by atomic mass is 32.1. The predicted octanol–water partition coefficient (Wildman–Crippen LogP) is 6.71. The third kappa shape index (κ3) is 3.66. The zero-order valence-corrected chi connectivity index (χ0v) is 20.0. The van der Waals surface area contributed by atoms with Crippen LogP contribution in [0.4, 0.5) is 43.9 Å². The van der Waals surface area contributed by atoms with Crippen LogP contribution in [0.2, 0.25) is 0 Å². The minimum absolute atomic E-state index is 0.241. The van der Waals surface area contributed by atoms with E-state index in [0.29, 0.717) is 12.1 Å². The zero-order valence-electron chi connectivity index (χ0n) is 18.4. The molecule has 0 saturated carbocycles. The first-order chi connectivity index (χ1) is 18.7. The van der Waals surface area contributed by atoms with Crippen molar-refractivity contribution in [1.82, 2.24) is 0 Å². The van der Waals surface area contributed by atoms with Crippen molar-refractivity contribution < 1.29 is 63.1 Å². The first kappa shape index (κ1) is 27.4. The van der Waals surface area contributed by atoms with Gasteiger partial charge in [0, 0.05) is 11.1 Å². The number of benzene rings is 2. The summed E-state index contributed by atoms with van der Waals surface area (Å²) < 4.78 is 138. The molecular formula is C24H2F10O4S2. The molecule has 0 aliphatic heterocycles. The Morgan fingerprint density at radius 1 is 0.450 bits per heavy atom. The van der Waals surface area contributed by atoms with E-state index < -0.39 is 113 Å². The lowest BCUT2D eigenvalue weighted by Crippen LogP contribution is -2.18. The number of carbonyl (C=O) groups is 4. The van der Waals surface area contributed by atoms with Gasteiger partial charge in [0.05, 0.1) is 19.5 Å². The van der Waals surface area contributed by atoms with E-state index in [1.807, 2.05) is 0 Å². The van der Waals surface area contributed by atoms with Gasteiger partial charge in [-0.2, -0.15) is 0 Å². The molecule has 4 aromatic rings. The van der Waals surface area contributed by atoms with Crippen molar-refractivity contribution in [3.8, 4) is 9.75 Å². The van der Waals surface area contributed by atoms with Crippen LogP contribution < -0.4 is 0 Å². The van der Waals surface area contributed by atoms with Crippen LogP contribution in [-0.4, -0.2) is 23.1 Å². The van der Waals surface area contributed by atoms with E-state index in [9.17, 15) is 63.1 Å². The molecule has 0 bridgehead atoms. The van der Waals surface area contributed by atoms with Crippen LogP contribution in [0.3, 0.4) is 0 Å². The fraction of sp³-hybridized carbons (Fsp3) is 0.